The zero-order valence-electron chi connectivity index (χ0n) is 17.4. The fraction of sp³-hybridized carbons (Fsp3) is 0.320. The molecule has 1 aliphatic heterocycles. The number of aromatic nitrogens is 2. The monoisotopic (exact) mass is 417 g/mol. The minimum Gasteiger partial charge on any atom is -0.464 e. The van der Waals surface area contributed by atoms with E-state index in [-0.39, 0.29) is 0 Å². The van der Waals surface area contributed by atoms with Gasteiger partial charge < -0.3 is 24.8 Å². The number of fused-ring (bicyclic) bond motifs is 2. The molecule has 2 aromatic carbocycles. The molecule has 0 bridgehead atoms. The summed E-state index contributed by atoms with van der Waals surface area (Å²) in [5.41, 5.74) is 1.96. The van der Waals surface area contributed by atoms with Crippen molar-refractivity contribution >= 4 is 21.8 Å². The van der Waals surface area contributed by atoms with Crippen LogP contribution in [0.15, 0.2) is 67.0 Å². The van der Waals surface area contributed by atoms with Gasteiger partial charge in [-0.3, -0.25) is 4.98 Å². The van der Waals surface area contributed by atoms with Gasteiger partial charge in [-0.25, -0.2) is 0 Å². The molecule has 31 heavy (non-hydrogen) atoms. The third kappa shape index (κ3) is 4.14. The van der Waals surface area contributed by atoms with Crippen LogP contribution in [-0.2, 0) is 5.60 Å². The largest absolute Gasteiger partial charge is 0.464 e. The highest BCUT2D eigenvalue weighted by Gasteiger charge is 2.34. The van der Waals surface area contributed by atoms with Crippen LogP contribution in [0.5, 0.6) is 5.75 Å². The van der Waals surface area contributed by atoms with Crippen LogP contribution in [0.4, 0.5) is 0 Å². The summed E-state index contributed by atoms with van der Waals surface area (Å²) in [7, 11) is 0. The van der Waals surface area contributed by atoms with Gasteiger partial charge >= 0.3 is 0 Å². The van der Waals surface area contributed by atoms with Gasteiger partial charge in [-0.2, -0.15) is 0 Å². The molecule has 1 fully saturated rings. The van der Waals surface area contributed by atoms with Gasteiger partial charge in [0, 0.05) is 60.3 Å². The van der Waals surface area contributed by atoms with Crippen LogP contribution >= 0.6 is 0 Å². The van der Waals surface area contributed by atoms with E-state index in [1.165, 1.54) is 0 Å². The van der Waals surface area contributed by atoms with Gasteiger partial charge in [0.05, 0.1) is 11.1 Å². The van der Waals surface area contributed by atoms with Crippen LogP contribution < -0.4 is 4.74 Å². The predicted molar refractivity (Wildman–Crippen MR) is 121 cm³/mol. The normalized spacial score (nSPS) is 17.7. The van der Waals surface area contributed by atoms with Gasteiger partial charge in [0.2, 0.25) is 0 Å². The first-order valence-corrected chi connectivity index (χ1v) is 10.8. The summed E-state index contributed by atoms with van der Waals surface area (Å²) in [5, 5.41) is 23.6. The average Bonchev–Trinajstić information content (AvgIpc) is 3.28. The molecule has 0 radical (unpaired) electrons. The molecule has 3 N–H and O–H groups in total. The van der Waals surface area contributed by atoms with Crippen molar-refractivity contribution in [1.29, 1.82) is 0 Å². The molecule has 0 amide bonds. The Bertz CT molecular complexity index is 1180. The number of aliphatic hydroxyl groups excluding tert-OH is 1. The SMILES string of the molecule is OC(CCN1CCC(O)(c2cnc3ccccc3c2)CC1)Oc1cccc2[nH]ccc12. The minimum absolute atomic E-state index is 0.511. The van der Waals surface area contributed by atoms with Gasteiger partial charge in [0.1, 0.15) is 5.75 Å². The number of nitrogens with zero attached hydrogens (tertiary/aromatic N) is 2. The van der Waals surface area contributed by atoms with Crippen molar-refractivity contribution < 1.29 is 14.9 Å². The maximum atomic E-state index is 11.2. The second-order valence-corrected chi connectivity index (χ2v) is 8.35. The Hall–Kier alpha value is -2.93. The summed E-state index contributed by atoms with van der Waals surface area (Å²) in [6.07, 6.45) is 4.60. The first kappa shape index (κ1) is 20.0. The summed E-state index contributed by atoms with van der Waals surface area (Å²) in [5.74, 6) is 0.683. The topological polar surface area (TPSA) is 81.6 Å². The lowest BCUT2D eigenvalue weighted by Crippen LogP contribution is -2.43. The number of aliphatic hydroxyl groups is 2. The Kier molecular flexibility index (Phi) is 5.36. The smallest absolute Gasteiger partial charge is 0.198 e. The number of para-hydroxylation sites is 1. The van der Waals surface area contributed by atoms with E-state index >= 15 is 0 Å². The fourth-order valence-electron chi connectivity index (χ4n) is 4.42. The zero-order chi connectivity index (χ0) is 21.3. The number of aromatic amines is 1. The molecular weight excluding hydrogens is 390 g/mol. The molecule has 1 atom stereocenters. The molecule has 6 nitrogen and oxygen atoms in total. The van der Waals surface area contributed by atoms with E-state index in [0.717, 1.165) is 47.0 Å². The van der Waals surface area contributed by atoms with Crippen molar-refractivity contribution in [2.45, 2.75) is 31.2 Å². The highest BCUT2D eigenvalue weighted by atomic mass is 16.6. The van der Waals surface area contributed by atoms with Crippen LogP contribution in [-0.4, -0.2) is 51.0 Å². The predicted octanol–water partition coefficient (Wildman–Crippen LogP) is 3.79. The number of likely N-dealkylation sites (tertiary alicyclic amines) is 1. The molecule has 0 saturated carbocycles. The summed E-state index contributed by atoms with van der Waals surface area (Å²) >= 11 is 0. The Morgan fingerprint density at radius 2 is 1.94 bits per heavy atom. The van der Waals surface area contributed by atoms with Gasteiger partial charge in [0.15, 0.2) is 6.29 Å². The van der Waals surface area contributed by atoms with E-state index in [1.54, 1.807) is 6.20 Å². The van der Waals surface area contributed by atoms with E-state index in [1.807, 2.05) is 54.7 Å². The summed E-state index contributed by atoms with van der Waals surface area (Å²) in [6, 6.07) is 17.7. The van der Waals surface area contributed by atoms with Gasteiger partial charge in [-0.15, -0.1) is 0 Å². The molecule has 3 heterocycles. The molecule has 1 saturated heterocycles. The maximum Gasteiger partial charge on any atom is 0.198 e. The molecule has 1 aliphatic rings. The number of pyridine rings is 1. The number of nitrogens with one attached hydrogen (secondary N) is 1. The lowest BCUT2D eigenvalue weighted by Gasteiger charge is -2.38. The summed E-state index contributed by atoms with van der Waals surface area (Å²) < 4.78 is 5.78. The quantitative estimate of drug-likeness (QED) is 0.416. The lowest BCUT2D eigenvalue weighted by molar-refractivity contribution is -0.0471. The van der Waals surface area contributed by atoms with Crippen LogP contribution in [0.25, 0.3) is 21.8 Å². The molecule has 6 heteroatoms. The first-order valence-electron chi connectivity index (χ1n) is 10.8. The second kappa shape index (κ2) is 8.30. The van der Waals surface area contributed by atoms with Crippen molar-refractivity contribution in [3.63, 3.8) is 0 Å². The minimum atomic E-state index is -0.869. The molecule has 5 rings (SSSR count). The van der Waals surface area contributed by atoms with Crippen molar-refractivity contribution in [3.05, 3.63) is 72.6 Å². The van der Waals surface area contributed by atoms with Gasteiger partial charge in [-0.05, 0) is 43.2 Å². The number of hydrogen-bond donors (Lipinski definition) is 3. The number of piperidine rings is 1. The van der Waals surface area contributed by atoms with E-state index in [4.69, 9.17) is 4.74 Å². The third-order valence-corrected chi connectivity index (χ3v) is 6.32. The Morgan fingerprint density at radius 1 is 1.10 bits per heavy atom. The average molecular weight is 418 g/mol. The summed E-state index contributed by atoms with van der Waals surface area (Å²) in [6.45, 7) is 2.25. The van der Waals surface area contributed by atoms with Gasteiger partial charge in [-0.1, -0.05) is 24.3 Å². The van der Waals surface area contributed by atoms with Crippen LogP contribution in [0.2, 0.25) is 0 Å². The number of benzene rings is 2. The lowest BCUT2D eigenvalue weighted by atomic mass is 9.85. The number of hydrogen-bond acceptors (Lipinski definition) is 5. The fourth-order valence-corrected chi connectivity index (χ4v) is 4.42. The highest BCUT2D eigenvalue weighted by molar-refractivity contribution is 5.85. The first-order chi connectivity index (χ1) is 15.1. The third-order valence-electron chi connectivity index (χ3n) is 6.32. The molecule has 0 spiro atoms. The summed E-state index contributed by atoms with van der Waals surface area (Å²) in [4.78, 5) is 9.93. The Labute approximate surface area is 181 Å². The van der Waals surface area contributed by atoms with Crippen LogP contribution in [0, 0.1) is 0 Å². The van der Waals surface area contributed by atoms with Crippen molar-refractivity contribution in [2.24, 2.45) is 0 Å². The Morgan fingerprint density at radius 3 is 2.81 bits per heavy atom. The van der Waals surface area contributed by atoms with Crippen molar-refractivity contribution in [1.82, 2.24) is 14.9 Å². The van der Waals surface area contributed by atoms with E-state index in [2.05, 4.69) is 20.9 Å². The molecule has 160 valence electrons. The standard InChI is InChI=1S/C25H27N3O3/c29-24(31-23-7-3-6-22-20(23)8-12-26-22)9-13-28-14-10-25(30,11-15-28)19-16-18-4-1-2-5-21(18)27-17-19/h1-8,12,16-17,24,26,29-30H,9-11,13-15H2. The molecule has 0 aliphatic carbocycles. The van der Waals surface area contributed by atoms with E-state index < -0.39 is 11.9 Å². The molecule has 4 aromatic rings. The van der Waals surface area contributed by atoms with Crippen molar-refractivity contribution in [3.8, 4) is 5.75 Å². The van der Waals surface area contributed by atoms with Gasteiger partial charge in [0.25, 0.3) is 0 Å². The maximum absolute atomic E-state index is 11.2. The molecule has 1 unspecified atom stereocenters. The van der Waals surface area contributed by atoms with Crippen LogP contribution in [0.1, 0.15) is 24.8 Å². The molecule has 2 aromatic heterocycles. The highest BCUT2D eigenvalue weighted by Crippen LogP contribution is 2.34. The number of rotatable bonds is 6. The van der Waals surface area contributed by atoms with Crippen molar-refractivity contribution in [2.75, 3.05) is 19.6 Å². The molecular formula is C25H27N3O3. The Balaban J connectivity index is 1.16. The number of H-pyrrole nitrogens is 1. The van der Waals surface area contributed by atoms with E-state index in [0.29, 0.717) is 25.0 Å². The van der Waals surface area contributed by atoms with Crippen LogP contribution in [0.3, 0.4) is 0 Å². The van der Waals surface area contributed by atoms with E-state index in [9.17, 15) is 10.2 Å². The second-order valence-electron chi connectivity index (χ2n) is 8.35. The number of ether oxygens (including phenoxy) is 1. The zero-order valence-corrected chi connectivity index (χ0v) is 17.4.